The van der Waals surface area contributed by atoms with E-state index in [1.54, 1.807) is 29.2 Å². The second kappa shape index (κ2) is 6.58. The number of fused-ring (bicyclic) bond motifs is 1. The fourth-order valence-electron chi connectivity index (χ4n) is 2.79. The summed E-state index contributed by atoms with van der Waals surface area (Å²) in [4.78, 5) is 25.4. The number of rotatable bonds is 4. The number of halogens is 3. The Hall–Kier alpha value is -3.23. The maximum absolute atomic E-state index is 12.3. The van der Waals surface area contributed by atoms with Gasteiger partial charge >= 0.3 is 6.36 Å². The lowest BCUT2D eigenvalue weighted by molar-refractivity contribution is -0.274. The standard InChI is InChI=1S/C17H14F3N3O3/c18-17(19,20)26-11-7-5-10(6-8-11)15-22-16(25)12-3-1-2-4-13(12)23(15)9-14(21)24/h1-8,15H,9H2,(H2,21,24)(H,22,25)/t15-/m1/s1. The van der Waals surface area contributed by atoms with E-state index in [2.05, 4.69) is 10.1 Å². The van der Waals surface area contributed by atoms with E-state index in [1.807, 2.05) is 0 Å². The van der Waals surface area contributed by atoms with Crippen molar-refractivity contribution in [2.24, 2.45) is 5.73 Å². The highest BCUT2D eigenvalue weighted by Gasteiger charge is 2.33. The van der Waals surface area contributed by atoms with Crippen LogP contribution >= 0.6 is 0 Å². The van der Waals surface area contributed by atoms with E-state index in [0.29, 0.717) is 16.8 Å². The number of hydrogen-bond acceptors (Lipinski definition) is 4. The molecule has 0 spiro atoms. The Balaban J connectivity index is 1.95. The minimum Gasteiger partial charge on any atom is -0.406 e. The first-order valence-electron chi connectivity index (χ1n) is 7.55. The molecule has 3 rings (SSSR count). The summed E-state index contributed by atoms with van der Waals surface area (Å²) >= 11 is 0. The minimum absolute atomic E-state index is 0.178. The summed E-state index contributed by atoms with van der Waals surface area (Å²) in [6, 6.07) is 11.7. The predicted octanol–water partition coefficient (Wildman–Crippen LogP) is 2.32. The van der Waals surface area contributed by atoms with Crippen molar-refractivity contribution in [3.05, 3.63) is 59.7 Å². The first kappa shape index (κ1) is 17.6. The maximum atomic E-state index is 12.3. The van der Waals surface area contributed by atoms with Gasteiger partial charge in [0.05, 0.1) is 17.8 Å². The third kappa shape index (κ3) is 3.71. The summed E-state index contributed by atoms with van der Waals surface area (Å²) < 4.78 is 40.7. The number of nitrogens with zero attached hydrogens (tertiary/aromatic N) is 1. The van der Waals surface area contributed by atoms with Gasteiger partial charge in [0.15, 0.2) is 0 Å². The predicted molar refractivity (Wildman–Crippen MR) is 86.3 cm³/mol. The van der Waals surface area contributed by atoms with Crippen LogP contribution in [0.3, 0.4) is 0 Å². The molecular weight excluding hydrogens is 351 g/mol. The molecule has 0 unspecified atom stereocenters. The van der Waals surface area contributed by atoms with Crippen LogP contribution in [-0.4, -0.2) is 24.7 Å². The molecule has 6 nitrogen and oxygen atoms in total. The number of primary amides is 1. The average Bonchev–Trinajstić information content (AvgIpc) is 2.56. The highest BCUT2D eigenvalue weighted by atomic mass is 19.4. The Morgan fingerprint density at radius 1 is 1.15 bits per heavy atom. The number of amides is 2. The molecule has 1 aliphatic rings. The average molecular weight is 365 g/mol. The first-order valence-corrected chi connectivity index (χ1v) is 7.55. The normalized spacial score (nSPS) is 16.7. The second-order valence-electron chi connectivity index (χ2n) is 5.60. The molecule has 3 N–H and O–H groups in total. The molecule has 136 valence electrons. The molecule has 0 aliphatic carbocycles. The molecule has 1 aliphatic heterocycles. The van der Waals surface area contributed by atoms with E-state index in [0.717, 1.165) is 12.1 Å². The van der Waals surface area contributed by atoms with Crippen molar-refractivity contribution in [3.8, 4) is 5.75 Å². The molecule has 0 aromatic heterocycles. The maximum Gasteiger partial charge on any atom is 0.573 e. The summed E-state index contributed by atoms with van der Waals surface area (Å²) in [5.41, 5.74) is 6.67. The molecule has 0 saturated carbocycles. The highest BCUT2D eigenvalue weighted by molar-refractivity contribution is 6.02. The largest absolute Gasteiger partial charge is 0.573 e. The van der Waals surface area contributed by atoms with Crippen molar-refractivity contribution in [3.63, 3.8) is 0 Å². The first-order chi connectivity index (χ1) is 12.2. The van der Waals surface area contributed by atoms with Gasteiger partial charge in [0.25, 0.3) is 5.91 Å². The molecule has 0 radical (unpaired) electrons. The van der Waals surface area contributed by atoms with E-state index in [4.69, 9.17) is 5.73 Å². The highest BCUT2D eigenvalue weighted by Crippen LogP contribution is 2.33. The van der Waals surface area contributed by atoms with Gasteiger partial charge in [-0.1, -0.05) is 24.3 Å². The van der Waals surface area contributed by atoms with Crippen molar-refractivity contribution in [2.45, 2.75) is 12.5 Å². The number of nitrogens with one attached hydrogen (secondary N) is 1. The van der Waals surface area contributed by atoms with Crippen molar-refractivity contribution in [1.29, 1.82) is 0 Å². The van der Waals surface area contributed by atoms with E-state index < -0.39 is 18.4 Å². The zero-order valence-electron chi connectivity index (χ0n) is 13.3. The number of anilines is 1. The topological polar surface area (TPSA) is 84.7 Å². The Morgan fingerprint density at radius 3 is 2.42 bits per heavy atom. The molecule has 9 heteroatoms. The lowest BCUT2D eigenvalue weighted by atomic mass is 10.0. The van der Waals surface area contributed by atoms with Crippen LogP contribution in [0, 0.1) is 0 Å². The summed E-state index contributed by atoms with van der Waals surface area (Å²) in [5, 5.41) is 2.73. The molecular formula is C17H14F3N3O3. The van der Waals surface area contributed by atoms with Gasteiger partial charge in [-0.15, -0.1) is 13.2 Å². The van der Waals surface area contributed by atoms with Crippen molar-refractivity contribution in [1.82, 2.24) is 5.32 Å². The number of alkyl halides is 3. The van der Waals surface area contributed by atoms with Gasteiger partial charge < -0.3 is 20.7 Å². The summed E-state index contributed by atoms with van der Waals surface area (Å²) in [5.74, 6) is -1.36. The zero-order chi connectivity index (χ0) is 18.9. The van der Waals surface area contributed by atoms with Gasteiger partial charge in [-0.05, 0) is 29.8 Å². The van der Waals surface area contributed by atoms with Crippen LogP contribution in [0.15, 0.2) is 48.5 Å². The number of para-hydroxylation sites is 1. The number of carbonyl (C=O) groups is 2. The molecule has 0 saturated heterocycles. The van der Waals surface area contributed by atoms with Gasteiger partial charge in [0.2, 0.25) is 5.91 Å². The smallest absolute Gasteiger partial charge is 0.406 e. The van der Waals surface area contributed by atoms with Crippen molar-refractivity contribution >= 4 is 17.5 Å². The van der Waals surface area contributed by atoms with Gasteiger partial charge in [-0.2, -0.15) is 0 Å². The van der Waals surface area contributed by atoms with Crippen molar-refractivity contribution in [2.75, 3.05) is 11.4 Å². The van der Waals surface area contributed by atoms with Crippen LogP contribution in [0.4, 0.5) is 18.9 Å². The van der Waals surface area contributed by atoms with Crippen LogP contribution in [-0.2, 0) is 4.79 Å². The molecule has 2 aromatic carbocycles. The Morgan fingerprint density at radius 2 is 1.81 bits per heavy atom. The van der Waals surface area contributed by atoms with Crippen LogP contribution in [0.2, 0.25) is 0 Å². The van der Waals surface area contributed by atoms with Gasteiger partial charge in [-0.25, -0.2) is 0 Å². The van der Waals surface area contributed by atoms with Gasteiger partial charge in [0, 0.05) is 0 Å². The molecule has 0 fully saturated rings. The van der Waals surface area contributed by atoms with Crippen molar-refractivity contribution < 1.29 is 27.5 Å². The number of carbonyl (C=O) groups excluding carboxylic acids is 2. The molecule has 0 bridgehead atoms. The van der Waals surface area contributed by atoms with E-state index in [-0.39, 0.29) is 18.2 Å². The second-order valence-corrected chi connectivity index (χ2v) is 5.60. The van der Waals surface area contributed by atoms with E-state index >= 15 is 0 Å². The summed E-state index contributed by atoms with van der Waals surface area (Å²) in [6.07, 6.45) is -5.55. The van der Waals surface area contributed by atoms with Crippen LogP contribution < -0.4 is 20.7 Å². The fourth-order valence-corrected chi connectivity index (χ4v) is 2.79. The lowest BCUT2D eigenvalue weighted by Gasteiger charge is -2.38. The number of benzene rings is 2. The molecule has 26 heavy (non-hydrogen) atoms. The number of nitrogens with two attached hydrogens (primary N) is 1. The Kier molecular flexibility index (Phi) is 4.45. The van der Waals surface area contributed by atoms with Gasteiger partial charge in [-0.3, -0.25) is 9.59 Å². The summed E-state index contributed by atoms with van der Waals surface area (Å²) in [6.45, 7) is -0.178. The molecule has 2 aromatic rings. The molecule has 1 heterocycles. The lowest BCUT2D eigenvalue weighted by Crippen LogP contribution is -2.49. The summed E-state index contributed by atoms with van der Waals surface area (Å²) in [7, 11) is 0. The third-order valence-corrected chi connectivity index (χ3v) is 3.79. The number of hydrogen-bond donors (Lipinski definition) is 2. The molecule has 1 atom stereocenters. The zero-order valence-corrected chi connectivity index (χ0v) is 13.3. The van der Waals surface area contributed by atoms with Crippen LogP contribution in [0.5, 0.6) is 5.75 Å². The van der Waals surface area contributed by atoms with E-state index in [1.165, 1.54) is 12.1 Å². The monoisotopic (exact) mass is 365 g/mol. The number of ether oxygens (including phenoxy) is 1. The van der Waals surface area contributed by atoms with Crippen LogP contribution in [0.1, 0.15) is 22.1 Å². The van der Waals surface area contributed by atoms with E-state index in [9.17, 15) is 22.8 Å². The Bertz CT molecular complexity index is 837. The van der Waals surface area contributed by atoms with Gasteiger partial charge in [0.1, 0.15) is 11.9 Å². The fraction of sp³-hybridized carbons (Fsp3) is 0.176. The molecule has 2 amide bonds. The third-order valence-electron chi connectivity index (χ3n) is 3.79. The Labute approximate surface area is 146 Å². The minimum atomic E-state index is -4.79. The van der Waals surface area contributed by atoms with Crippen LogP contribution in [0.25, 0.3) is 0 Å². The quantitative estimate of drug-likeness (QED) is 0.871. The SMILES string of the molecule is NC(=O)CN1c2ccccc2C(=O)N[C@H]1c1ccc(OC(F)(F)F)cc1.